The lowest BCUT2D eigenvalue weighted by atomic mass is 10.2. The number of amides is 1. The second-order valence-electron chi connectivity index (χ2n) is 4.12. The van der Waals surface area contributed by atoms with Gasteiger partial charge in [0.25, 0.3) is 15.0 Å². The summed E-state index contributed by atoms with van der Waals surface area (Å²) in [5.74, 6) is -0.405. The third kappa shape index (κ3) is 3.78. The van der Waals surface area contributed by atoms with Gasteiger partial charge in [0.2, 0.25) is 0 Å². The molecule has 0 aliphatic carbocycles. The van der Waals surface area contributed by atoms with Crippen LogP contribution in [0.3, 0.4) is 0 Å². The molecule has 0 atom stereocenters. The Morgan fingerprint density at radius 3 is 2.48 bits per heavy atom. The summed E-state index contributed by atoms with van der Waals surface area (Å²) in [6, 6.07) is 2.86. The highest BCUT2D eigenvalue weighted by atomic mass is 79.9. The van der Waals surface area contributed by atoms with E-state index in [-0.39, 0.29) is 10.5 Å². The maximum Gasteiger partial charge on any atom is 0.261 e. The van der Waals surface area contributed by atoms with Crippen LogP contribution in [0, 0.1) is 6.92 Å². The third-order valence-electron chi connectivity index (χ3n) is 2.60. The van der Waals surface area contributed by atoms with E-state index < -0.39 is 15.0 Å². The van der Waals surface area contributed by atoms with Crippen molar-refractivity contribution in [3.05, 3.63) is 46.5 Å². The van der Waals surface area contributed by atoms with Crippen LogP contribution < -0.4 is 5.32 Å². The lowest BCUT2D eigenvalue weighted by molar-refractivity contribution is 0.102. The molecular weight excluding hydrogens is 382 g/mol. The fourth-order valence-electron chi connectivity index (χ4n) is 1.63. The van der Waals surface area contributed by atoms with Crippen LogP contribution >= 0.6 is 26.6 Å². The Morgan fingerprint density at radius 1 is 1.29 bits per heavy atom. The molecule has 0 aliphatic heterocycles. The first-order valence-electron chi connectivity index (χ1n) is 5.60. The highest BCUT2D eigenvalue weighted by Gasteiger charge is 2.17. The molecular formula is C12H9BrClN3O3S. The summed E-state index contributed by atoms with van der Waals surface area (Å²) in [6.07, 6.45) is 4.07. The molecule has 0 fully saturated rings. The van der Waals surface area contributed by atoms with Crippen molar-refractivity contribution in [3.8, 4) is 0 Å². The average molecular weight is 391 g/mol. The second kappa shape index (κ2) is 6.08. The van der Waals surface area contributed by atoms with Crippen LogP contribution in [-0.4, -0.2) is 24.3 Å². The van der Waals surface area contributed by atoms with Gasteiger partial charge in [-0.2, -0.15) is 0 Å². The molecule has 1 aromatic carbocycles. The molecule has 0 saturated carbocycles. The van der Waals surface area contributed by atoms with Crippen molar-refractivity contribution in [2.45, 2.75) is 11.8 Å². The number of nitrogens with zero attached hydrogens (tertiary/aromatic N) is 2. The zero-order chi connectivity index (χ0) is 15.6. The molecule has 2 aromatic rings. The Morgan fingerprint density at radius 2 is 1.90 bits per heavy atom. The van der Waals surface area contributed by atoms with Crippen LogP contribution in [0.2, 0.25) is 0 Å². The molecule has 0 radical (unpaired) electrons. The Balaban J connectivity index is 2.34. The molecule has 6 nitrogen and oxygen atoms in total. The van der Waals surface area contributed by atoms with Crippen LogP contribution in [0.5, 0.6) is 0 Å². The smallest absolute Gasteiger partial charge is 0.261 e. The van der Waals surface area contributed by atoms with Gasteiger partial charge in [0.1, 0.15) is 6.33 Å². The molecule has 0 aliphatic rings. The number of rotatable bonds is 3. The van der Waals surface area contributed by atoms with Crippen molar-refractivity contribution in [1.29, 1.82) is 0 Å². The minimum atomic E-state index is -3.84. The van der Waals surface area contributed by atoms with Crippen LogP contribution in [-0.2, 0) is 9.05 Å². The van der Waals surface area contributed by atoms with Gasteiger partial charge < -0.3 is 5.32 Å². The first-order valence-corrected chi connectivity index (χ1v) is 8.70. The minimum absolute atomic E-state index is 0.0166. The average Bonchev–Trinajstić information content (AvgIpc) is 2.42. The van der Waals surface area contributed by atoms with Crippen molar-refractivity contribution in [2.75, 3.05) is 5.32 Å². The van der Waals surface area contributed by atoms with Crippen LogP contribution in [0.1, 0.15) is 15.9 Å². The third-order valence-corrected chi connectivity index (χ3v) is 4.72. The minimum Gasteiger partial charge on any atom is -0.321 e. The molecule has 110 valence electrons. The summed E-state index contributed by atoms with van der Waals surface area (Å²) in [4.78, 5) is 19.5. The fraction of sp³-hybridized carbons (Fsp3) is 0.0833. The fourth-order valence-corrected chi connectivity index (χ4v) is 3.43. The van der Waals surface area contributed by atoms with Gasteiger partial charge in [0.15, 0.2) is 0 Å². The van der Waals surface area contributed by atoms with Gasteiger partial charge in [-0.25, -0.2) is 18.4 Å². The zero-order valence-corrected chi connectivity index (χ0v) is 13.8. The lowest BCUT2D eigenvalue weighted by Crippen LogP contribution is -2.13. The monoisotopic (exact) mass is 389 g/mol. The van der Waals surface area contributed by atoms with E-state index in [1.165, 1.54) is 30.9 Å². The Hall–Kier alpha value is -1.51. The SMILES string of the molecule is Cc1cc(NC(=O)c2cncnc2)c(Br)cc1S(=O)(=O)Cl. The van der Waals surface area contributed by atoms with Crippen molar-refractivity contribution >= 4 is 47.3 Å². The van der Waals surface area contributed by atoms with Crippen molar-refractivity contribution in [1.82, 2.24) is 9.97 Å². The summed E-state index contributed by atoms with van der Waals surface area (Å²) < 4.78 is 23.2. The zero-order valence-electron chi connectivity index (χ0n) is 10.7. The van der Waals surface area contributed by atoms with Gasteiger partial charge in [-0.15, -0.1) is 0 Å². The number of carbonyl (C=O) groups is 1. The number of benzene rings is 1. The molecule has 9 heteroatoms. The first kappa shape index (κ1) is 15.9. The molecule has 0 saturated heterocycles. The molecule has 0 bridgehead atoms. The number of aromatic nitrogens is 2. The van der Waals surface area contributed by atoms with E-state index in [2.05, 4.69) is 31.2 Å². The molecule has 0 unspecified atom stereocenters. The van der Waals surface area contributed by atoms with E-state index in [1.807, 2.05) is 0 Å². The number of anilines is 1. The molecule has 21 heavy (non-hydrogen) atoms. The Bertz CT molecular complexity index is 797. The van der Waals surface area contributed by atoms with E-state index in [4.69, 9.17) is 10.7 Å². The normalized spacial score (nSPS) is 11.2. The van der Waals surface area contributed by atoms with Crippen LogP contribution in [0.25, 0.3) is 0 Å². The first-order chi connectivity index (χ1) is 9.79. The maximum absolute atomic E-state index is 12.0. The summed E-state index contributed by atoms with van der Waals surface area (Å²) in [5.41, 5.74) is 1.13. The van der Waals surface area contributed by atoms with Gasteiger partial charge >= 0.3 is 0 Å². The molecule has 1 N–H and O–H groups in total. The number of hydrogen-bond acceptors (Lipinski definition) is 5. The largest absolute Gasteiger partial charge is 0.321 e. The predicted molar refractivity (Wildman–Crippen MR) is 81.9 cm³/mol. The number of aryl methyl sites for hydroxylation is 1. The van der Waals surface area contributed by atoms with Gasteiger partial charge in [0.05, 0.1) is 16.1 Å². The standard InChI is InChI=1S/C12H9BrClN3O3S/c1-7-2-10(9(13)3-11(7)21(14,19)20)17-12(18)8-4-15-6-16-5-8/h2-6H,1H3,(H,17,18). The second-order valence-corrected chi connectivity index (χ2v) is 7.51. The number of carbonyl (C=O) groups excluding carboxylic acids is 1. The quantitative estimate of drug-likeness (QED) is 0.814. The van der Waals surface area contributed by atoms with Crippen molar-refractivity contribution in [3.63, 3.8) is 0 Å². The number of nitrogens with one attached hydrogen (secondary N) is 1. The molecule has 0 spiro atoms. The molecule has 1 aromatic heterocycles. The van der Waals surface area contributed by atoms with E-state index >= 15 is 0 Å². The Labute approximate surface area is 134 Å². The number of hydrogen-bond donors (Lipinski definition) is 1. The summed E-state index contributed by atoms with van der Waals surface area (Å²) in [5, 5.41) is 2.64. The Kier molecular flexibility index (Phi) is 4.60. The van der Waals surface area contributed by atoms with Gasteiger partial charge in [-0.3, -0.25) is 4.79 Å². The van der Waals surface area contributed by atoms with Gasteiger partial charge in [-0.05, 0) is 40.5 Å². The highest BCUT2D eigenvalue weighted by Crippen LogP contribution is 2.30. The van der Waals surface area contributed by atoms with E-state index in [0.29, 0.717) is 15.7 Å². The topological polar surface area (TPSA) is 89.0 Å². The summed E-state index contributed by atoms with van der Waals surface area (Å²) in [7, 11) is 1.49. The van der Waals surface area contributed by atoms with Crippen LogP contribution in [0.15, 0.2) is 40.2 Å². The van der Waals surface area contributed by atoms with E-state index in [1.54, 1.807) is 6.92 Å². The molecule has 1 amide bonds. The van der Waals surface area contributed by atoms with E-state index in [0.717, 1.165) is 0 Å². The molecule has 2 rings (SSSR count). The van der Waals surface area contributed by atoms with Crippen LogP contribution in [0.4, 0.5) is 5.69 Å². The lowest BCUT2D eigenvalue weighted by Gasteiger charge is -2.10. The van der Waals surface area contributed by atoms with Gasteiger partial charge in [-0.1, -0.05) is 0 Å². The maximum atomic E-state index is 12.0. The van der Waals surface area contributed by atoms with Crippen molar-refractivity contribution in [2.24, 2.45) is 0 Å². The summed E-state index contributed by atoms with van der Waals surface area (Å²) in [6.45, 7) is 1.59. The van der Waals surface area contributed by atoms with E-state index in [9.17, 15) is 13.2 Å². The molecule has 1 heterocycles. The van der Waals surface area contributed by atoms with Gasteiger partial charge in [0, 0.05) is 27.5 Å². The predicted octanol–water partition coefficient (Wildman–Crippen LogP) is 2.73. The van der Waals surface area contributed by atoms with Crippen molar-refractivity contribution < 1.29 is 13.2 Å². The highest BCUT2D eigenvalue weighted by molar-refractivity contribution is 9.10. The summed E-state index contributed by atoms with van der Waals surface area (Å²) >= 11 is 3.21. The number of halogens is 2.